The van der Waals surface area contributed by atoms with E-state index in [9.17, 15) is 9.59 Å². The summed E-state index contributed by atoms with van der Waals surface area (Å²) in [6, 6.07) is 2.71. The summed E-state index contributed by atoms with van der Waals surface area (Å²) in [4.78, 5) is 23.7. The Labute approximate surface area is 109 Å². The number of carbonyl (C=O) groups excluding carboxylic acids is 2. The SMILES string of the molecule is CCOC(=O)C1C(=O)NC(=S)NC1c1ccco1. The molecule has 0 spiro atoms. The zero-order valence-corrected chi connectivity index (χ0v) is 10.5. The van der Waals surface area contributed by atoms with Crippen molar-refractivity contribution in [3.63, 3.8) is 0 Å². The largest absolute Gasteiger partial charge is 0.467 e. The van der Waals surface area contributed by atoms with Crippen LogP contribution in [-0.2, 0) is 14.3 Å². The van der Waals surface area contributed by atoms with Crippen molar-refractivity contribution in [2.45, 2.75) is 13.0 Å². The van der Waals surface area contributed by atoms with Crippen LogP contribution in [0, 0.1) is 5.92 Å². The van der Waals surface area contributed by atoms with Crippen LogP contribution in [0.25, 0.3) is 0 Å². The fourth-order valence-corrected chi connectivity index (χ4v) is 2.01. The third-order valence-electron chi connectivity index (χ3n) is 2.53. The molecule has 1 aliphatic heterocycles. The molecule has 96 valence electrons. The van der Waals surface area contributed by atoms with Crippen molar-refractivity contribution in [1.29, 1.82) is 0 Å². The first-order valence-corrected chi connectivity index (χ1v) is 5.85. The van der Waals surface area contributed by atoms with Gasteiger partial charge in [-0.1, -0.05) is 0 Å². The van der Waals surface area contributed by atoms with E-state index in [0.29, 0.717) is 5.76 Å². The van der Waals surface area contributed by atoms with Crippen LogP contribution in [0.15, 0.2) is 22.8 Å². The zero-order valence-electron chi connectivity index (χ0n) is 9.64. The van der Waals surface area contributed by atoms with E-state index < -0.39 is 23.8 Å². The molecule has 0 aliphatic carbocycles. The zero-order chi connectivity index (χ0) is 13.1. The van der Waals surface area contributed by atoms with Crippen LogP contribution in [0.3, 0.4) is 0 Å². The highest BCUT2D eigenvalue weighted by Gasteiger charge is 2.42. The van der Waals surface area contributed by atoms with Gasteiger partial charge < -0.3 is 19.8 Å². The third-order valence-corrected chi connectivity index (χ3v) is 2.75. The van der Waals surface area contributed by atoms with Gasteiger partial charge in [-0.15, -0.1) is 0 Å². The van der Waals surface area contributed by atoms with Crippen LogP contribution in [0.2, 0.25) is 0 Å². The van der Waals surface area contributed by atoms with Gasteiger partial charge in [-0.25, -0.2) is 0 Å². The van der Waals surface area contributed by atoms with Gasteiger partial charge in [0.15, 0.2) is 11.0 Å². The predicted molar refractivity (Wildman–Crippen MR) is 65.4 cm³/mol. The number of thiocarbonyl (C=S) groups is 1. The molecule has 2 unspecified atom stereocenters. The molecule has 2 heterocycles. The van der Waals surface area contributed by atoms with Gasteiger partial charge in [0.1, 0.15) is 11.8 Å². The standard InChI is InChI=1S/C11H12N2O4S/c1-2-16-10(15)7-8(6-4-3-5-17-6)12-11(18)13-9(7)14/h3-5,7-8H,2H2,1H3,(H2,12,13,14,18). The maximum absolute atomic E-state index is 11.8. The molecule has 1 amide bonds. The number of hydrogen-bond donors (Lipinski definition) is 2. The van der Waals surface area contributed by atoms with Gasteiger partial charge in [-0.2, -0.15) is 0 Å². The first-order chi connectivity index (χ1) is 8.63. The molecule has 0 radical (unpaired) electrons. The number of furan rings is 1. The van der Waals surface area contributed by atoms with E-state index in [1.54, 1.807) is 19.1 Å². The molecular weight excluding hydrogens is 256 g/mol. The molecule has 0 saturated carbocycles. The van der Waals surface area contributed by atoms with E-state index in [0.717, 1.165) is 0 Å². The van der Waals surface area contributed by atoms with Crippen molar-refractivity contribution < 1.29 is 18.7 Å². The summed E-state index contributed by atoms with van der Waals surface area (Å²) in [7, 11) is 0. The summed E-state index contributed by atoms with van der Waals surface area (Å²) < 4.78 is 10.1. The Hall–Kier alpha value is -1.89. The van der Waals surface area contributed by atoms with E-state index in [4.69, 9.17) is 21.4 Å². The Bertz CT molecular complexity index is 471. The molecular formula is C11H12N2O4S. The van der Waals surface area contributed by atoms with E-state index in [-0.39, 0.29) is 11.7 Å². The number of carbonyl (C=O) groups is 2. The average Bonchev–Trinajstić information content (AvgIpc) is 2.81. The second-order valence-corrected chi connectivity index (χ2v) is 4.09. The molecule has 2 atom stereocenters. The highest BCUT2D eigenvalue weighted by Crippen LogP contribution is 2.26. The molecule has 7 heteroatoms. The lowest BCUT2D eigenvalue weighted by molar-refractivity contribution is -0.153. The fraction of sp³-hybridized carbons (Fsp3) is 0.364. The molecule has 1 fully saturated rings. The summed E-state index contributed by atoms with van der Waals surface area (Å²) in [5.41, 5.74) is 0. The van der Waals surface area contributed by atoms with Crippen LogP contribution in [0.4, 0.5) is 0 Å². The van der Waals surface area contributed by atoms with Crippen molar-refractivity contribution in [3.8, 4) is 0 Å². The summed E-state index contributed by atoms with van der Waals surface area (Å²) in [5, 5.41) is 5.41. The van der Waals surface area contributed by atoms with Crippen LogP contribution in [0.1, 0.15) is 18.7 Å². The predicted octanol–water partition coefficient (Wildman–Crippen LogP) is 0.504. The van der Waals surface area contributed by atoms with Gasteiger partial charge in [-0.05, 0) is 31.3 Å². The molecule has 1 aliphatic rings. The first-order valence-electron chi connectivity index (χ1n) is 5.45. The Morgan fingerprint density at radius 2 is 2.39 bits per heavy atom. The van der Waals surface area contributed by atoms with Gasteiger partial charge in [-0.3, -0.25) is 9.59 Å². The Balaban J connectivity index is 2.29. The Kier molecular flexibility index (Phi) is 3.61. The minimum Gasteiger partial charge on any atom is -0.467 e. The highest BCUT2D eigenvalue weighted by molar-refractivity contribution is 7.80. The van der Waals surface area contributed by atoms with Gasteiger partial charge in [0.2, 0.25) is 5.91 Å². The van der Waals surface area contributed by atoms with Crippen molar-refractivity contribution >= 4 is 29.2 Å². The molecule has 6 nitrogen and oxygen atoms in total. The molecule has 2 N–H and O–H groups in total. The molecule has 1 aromatic rings. The van der Waals surface area contributed by atoms with Crippen molar-refractivity contribution in [2.75, 3.05) is 6.61 Å². The first kappa shape index (κ1) is 12.6. The van der Waals surface area contributed by atoms with Crippen molar-refractivity contribution in [1.82, 2.24) is 10.6 Å². The van der Waals surface area contributed by atoms with E-state index >= 15 is 0 Å². The Morgan fingerprint density at radius 3 is 3.00 bits per heavy atom. The average molecular weight is 268 g/mol. The lowest BCUT2D eigenvalue weighted by Gasteiger charge is -2.30. The van der Waals surface area contributed by atoms with E-state index in [1.165, 1.54) is 6.26 Å². The number of amides is 1. The minimum absolute atomic E-state index is 0.168. The second kappa shape index (κ2) is 5.18. The number of rotatable bonds is 3. The van der Waals surface area contributed by atoms with Gasteiger partial charge in [0.05, 0.1) is 12.9 Å². The van der Waals surface area contributed by atoms with Gasteiger partial charge in [0.25, 0.3) is 0 Å². The van der Waals surface area contributed by atoms with Crippen LogP contribution >= 0.6 is 12.2 Å². The maximum Gasteiger partial charge on any atom is 0.321 e. The maximum atomic E-state index is 11.8. The summed E-state index contributed by atoms with van der Waals surface area (Å²) in [6.07, 6.45) is 1.47. The fourth-order valence-electron chi connectivity index (χ4n) is 1.78. The lowest BCUT2D eigenvalue weighted by atomic mass is 9.95. The smallest absolute Gasteiger partial charge is 0.321 e. The number of hydrogen-bond acceptors (Lipinski definition) is 5. The molecule has 1 saturated heterocycles. The molecule has 1 aromatic heterocycles. The monoisotopic (exact) mass is 268 g/mol. The van der Waals surface area contributed by atoms with Gasteiger partial charge in [0, 0.05) is 0 Å². The molecule has 0 aromatic carbocycles. The number of ether oxygens (including phenoxy) is 1. The summed E-state index contributed by atoms with van der Waals surface area (Å²) in [5.74, 6) is -1.64. The van der Waals surface area contributed by atoms with Crippen LogP contribution in [0.5, 0.6) is 0 Å². The summed E-state index contributed by atoms with van der Waals surface area (Å²) in [6.45, 7) is 1.89. The molecule has 0 bridgehead atoms. The Morgan fingerprint density at radius 1 is 1.61 bits per heavy atom. The molecule has 2 rings (SSSR count). The van der Waals surface area contributed by atoms with Crippen LogP contribution < -0.4 is 10.6 Å². The lowest BCUT2D eigenvalue weighted by Crippen LogP contribution is -2.56. The van der Waals surface area contributed by atoms with Gasteiger partial charge >= 0.3 is 5.97 Å². The van der Waals surface area contributed by atoms with Crippen molar-refractivity contribution in [3.05, 3.63) is 24.2 Å². The third kappa shape index (κ3) is 2.35. The second-order valence-electron chi connectivity index (χ2n) is 3.69. The molecule has 18 heavy (non-hydrogen) atoms. The van der Waals surface area contributed by atoms with E-state index in [2.05, 4.69) is 10.6 Å². The normalized spacial score (nSPS) is 23.2. The highest BCUT2D eigenvalue weighted by atomic mass is 32.1. The topological polar surface area (TPSA) is 80.6 Å². The minimum atomic E-state index is -1.01. The van der Waals surface area contributed by atoms with Crippen molar-refractivity contribution in [2.24, 2.45) is 5.92 Å². The summed E-state index contributed by atoms with van der Waals surface area (Å²) >= 11 is 4.90. The van der Waals surface area contributed by atoms with E-state index in [1.807, 2.05) is 0 Å². The van der Waals surface area contributed by atoms with Crippen LogP contribution in [-0.4, -0.2) is 23.6 Å². The quantitative estimate of drug-likeness (QED) is 0.472. The number of esters is 1. The number of nitrogens with one attached hydrogen (secondary N) is 2.